The van der Waals surface area contributed by atoms with Gasteiger partial charge in [0, 0.05) is 31.0 Å². The summed E-state index contributed by atoms with van der Waals surface area (Å²) in [6, 6.07) is 7.50. The Morgan fingerprint density at radius 1 is 1.32 bits per heavy atom. The number of rotatable bonds is 3. The Labute approximate surface area is 132 Å². The smallest absolute Gasteiger partial charge is 0.222 e. The van der Waals surface area contributed by atoms with E-state index in [0.717, 1.165) is 37.9 Å². The fourth-order valence-corrected chi connectivity index (χ4v) is 4.19. The molecule has 3 nitrogen and oxygen atoms in total. The minimum atomic E-state index is -0.200. The maximum absolute atomic E-state index is 13.2. The Kier molecular flexibility index (Phi) is 4.48. The van der Waals surface area contributed by atoms with Crippen LogP contribution in [0.15, 0.2) is 24.3 Å². The van der Waals surface area contributed by atoms with Crippen LogP contribution in [0.3, 0.4) is 0 Å². The second-order valence-electron chi connectivity index (χ2n) is 6.63. The number of carbonyl (C=O) groups excluding carboxylic acids is 1. The van der Waals surface area contributed by atoms with Gasteiger partial charge < -0.3 is 9.80 Å². The topological polar surface area (TPSA) is 23.6 Å². The SMILES string of the molecule is CCCC(=O)N1C[C@H](c2ccc(F)cc2)[C@@H]2[C@H]1CCCN2C. The Balaban J connectivity index is 1.89. The molecule has 0 unspecified atom stereocenters. The average Bonchev–Trinajstić information content (AvgIpc) is 2.89. The van der Waals surface area contributed by atoms with Gasteiger partial charge in [-0.05, 0) is 50.6 Å². The molecule has 2 aliphatic rings. The fourth-order valence-electron chi connectivity index (χ4n) is 4.19. The Morgan fingerprint density at radius 2 is 2.05 bits per heavy atom. The van der Waals surface area contributed by atoms with Crippen LogP contribution in [0.4, 0.5) is 4.39 Å². The van der Waals surface area contributed by atoms with E-state index in [1.54, 1.807) is 0 Å². The highest BCUT2D eigenvalue weighted by Gasteiger charge is 2.47. The summed E-state index contributed by atoms with van der Waals surface area (Å²) in [6.07, 6.45) is 3.75. The van der Waals surface area contributed by atoms with Crippen LogP contribution in [-0.2, 0) is 4.79 Å². The van der Waals surface area contributed by atoms with E-state index in [1.165, 1.54) is 12.1 Å². The third kappa shape index (κ3) is 2.76. The first-order valence-electron chi connectivity index (χ1n) is 8.37. The lowest BCUT2D eigenvalue weighted by molar-refractivity contribution is -0.133. The summed E-state index contributed by atoms with van der Waals surface area (Å²) >= 11 is 0. The van der Waals surface area contributed by atoms with Gasteiger partial charge in [0.05, 0.1) is 0 Å². The zero-order valence-corrected chi connectivity index (χ0v) is 13.5. The number of halogens is 1. The minimum Gasteiger partial charge on any atom is -0.337 e. The van der Waals surface area contributed by atoms with E-state index >= 15 is 0 Å². The first kappa shape index (κ1) is 15.5. The Morgan fingerprint density at radius 3 is 2.73 bits per heavy atom. The van der Waals surface area contributed by atoms with Gasteiger partial charge >= 0.3 is 0 Å². The minimum absolute atomic E-state index is 0.200. The highest BCUT2D eigenvalue weighted by atomic mass is 19.1. The molecule has 0 aliphatic carbocycles. The summed E-state index contributed by atoms with van der Waals surface area (Å²) in [5.41, 5.74) is 1.15. The van der Waals surface area contributed by atoms with Crippen LogP contribution in [0.5, 0.6) is 0 Å². The predicted octanol–water partition coefficient (Wildman–Crippen LogP) is 3.01. The molecule has 0 spiro atoms. The maximum atomic E-state index is 13.2. The number of hydrogen-bond acceptors (Lipinski definition) is 2. The second-order valence-corrected chi connectivity index (χ2v) is 6.63. The van der Waals surface area contributed by atoms with Gasteiger partial charge in [-0.15, -0.1) is 0 Å². The first-order chi connectivity index (χ1) is 10.6. The third-order valence-electron chi connectivity index (χ3n) is 5.20. The molecule has 2 aliphatic heterocycles. The molecule has 1 aromatic carbocycles. The standard InChI is InChI=1S/C18H25FN2O/c1-3-5-17(22)21-12-15(13-7-9-14(19)10-8-13)18-16(21)6-4-11-20(18)2/h7-10,15-16,18H,3-6,11-12H2,1-2H3/t15-,16-,18-/m1/s1. The monoisotopic (exact) mass is 304 g/mol. The highest BCUT2D eigenvalue weighted by molar-refractivity contribution is 5.77. The van der Waals surface area contributed by atoms with Crippen molar-refractivity contribution in [1.82, 2.24) is 9.80 Å². The zero-order chi connectivity index (χ0) is 15.7. The van der Waals surface area contributed by atoms with E-state index in [0.29, 0.717) is 18.5 Å². The molecule has 120 valence electrons. The number of amides is 1. The van der Waals surface area contributed by atoms with Crippen LogP contribution < -0.4 is 0 Å². The van der Waals surface area contributed by atoms with E-state index in [9.17, 15) is 9.18 Å². The van der Waals surface area contributed by atoms with Crippen molar-refractivity contribution in [3.63, 3.8) is 0 Å². The molecule has 1 aromatic rings. The first-order valence-corrected chi connectivity index (χ1v) is 8.37. The normalized spacial score (nSPS) is 28.7. The van der Waals surface area contributed by atoms with Gasteiger partial charge in [-0.1, -0.05) is 19.1 Å². The molecular formula is C18H25FN2O. The van der Waals surface area contributed by atoms with Crippen molar-refractivity contribution in [2.45, 2.75) is 50.6 Å². The maximum Gasteiger partial charge on any atom is 0.222 e. The summed E-state index contributed by atoms with van der Waals surface area (Å²) in [4.78, 5) is 17.0. The Hall–Kier alpha value is -1.42. The van der Waals surface area contributed by atoms with Crippen LogP contribution >= 0.6 is 0 Å². The summed E-state index contributed by atoms with van der Waals surface area (Å²) in [5.74, 6) is 0.364. The largest absolute Gasteiger partial charge is 0.337 e. The van der Waals surface area contributed by atoms with E-state index in [1.807, 2.05) is 12.1 Å². The van der Waals surface area contributed by atoms with Gasteiger partial charge in [-0.25, -0.2) is 4.39 Å². The molecule has 3 atom stereocenters. The van der Waals surface area contributed by atoms with Gasteiger partial charge in [0.2, 0.25) is 5.91 Å². The lowest BCUT2D eigenvalue weighted by Crippen LogP contribution is -2.50. The van der Waals surface area contributed by atoms with Crippen LogP contribution in [-0.4, -0.2) is 47.9 Å². The van der Waals surface area contributed by atoms with Crippen molar-refractivity contribution in [3.05, 3.63) is 35.6 Å². The number of carbonyl (C=O) groups is 1. The van der Waals surface area contributed by atoms with Crippen molar-refractivity contribution in [2.24, 2.45) is 0 Å². The van der Waals surface area contributed by atoms with Crippen molar-refractivity contribution in [2.75, 3.05) is 20.1 Å². The van der Waals surface area contributed by atoms with Gasteiger partial charge in [0.25, 0.3) is 0 Å². The molecule has 22 heavy (non-hydrogen) atoms. The molecule has 0 aromatic heterocycles. The molecule has 3 rings (SSSR count). The fraction of sp³-hybridized carbons (Fsp3) is 0.611. The predicted molar refractivity (Wildman–Crippen MR) is 85.2 cm³/mol. The summed E-state index contributed by atoms with van der Waals surface area (Å²) in [7, 11) is 2.15. The molecule has 4 heteroatoms. The molecule has 2 heterocycles. The van der Waals surface area contributed by atoms with Crippen molar-refractivity contribution < 1.29 is 9.18 Å². The van der Waals surface area contributed by atoms with E-state index in [2.05, 4.69) is 23.8 Å². The number of piperidine rings is 1. The van der Waals surface area contributed by atoms with E-state index in [-0.39, 0.29) is 17.6 Å². The zero-order valence-electron chi connectivity index (χ0n) is 13.5. The van der Waals surface area contributed by atoms with Crippen molar-refractivity contribution in [3.8, 4) is 0 Å². The number of likely N-dealkylation sites (tertiary alicyclic amines) is 2. The third-order valence-corrected chi connectivity index (χ3v) is 5.20. The van der Waals surface area contributed by atoms with Gasteiger partial charge in [0.15, 0.2) is 0 Å². The highest BCUT2D eigenvalue weighted by Crippen LogP contribution is 2.39. The lowest BCUT2D eigenvalue weighted by atomic mass is 9.86. The summed E-state index contributed by atoms with van der Waals surface area (Å²) < 4.78 is 13.2. The van der Waals surface area contributed by atoms with Gasteiger partial charge in [0.1, 0.15) is 5.82 Å². The van der Waals surface area contributed by atoms with Crippen LogP contribution in [0.1, 0.15) is 44.1 Å². The molecule has 0 radical (unpaired) electrons. The van der Waals surface area contributed by atoms with Crippen molar-refractivity contribution >= 4 is 5.91 Å². The lowest BCUT2D eigenvalue weighted by Gasteiger charge is -2.39. The van der Waals surface area contributed by atoms with Crippen LogP contribution in [0.25, 0.3) is 0 Å². The number of fused-ring (bicyclic) bond motifs is 1. The van der Waals surface area contributed by atoms with Crippen molar-refractivity contribution in [1.29, 1.82) is 0 Å². The molecule has 0 N–H and O–H groups in total. The molecule has 0 saturated carbocycles. The number of benzene rings is 1. The molecule has 2 saturated heterocycles. The van der Waals surface area contributed by atoms with E-state index in [4.69, 9.17) is 0 Å². The molecule has 2 fully saturated rings. The number of nitrogens with zero attached hydrogens (tertiary/aromatic N) is 2. The van der Waals surface area contributed by atoms with Crippen LogP contribution in [0, 0.1) is 5.82 Å². The van der Waals surface area contributed by atoms with Gasteiger partial charge in [-0.3, -0.25) is 4.79 Å². The van der Waals surface area contributed by atoms with E-state index < -0.39 is 0 Å². The summed E-state index contributed by atoms with van der Waals surface area (Å²) in [6.45, 7) is 3.90. The quantitative estimate of drug-likeness (QED) is 0.857. The van der Waals surface area contributed by atoms with Gasteiger partial charge in [-0.2, -0.15) is 0 Å². The molecular weight excluding hydrogens is 279 g/mol. The van der Waals surface area contributed by atoms with Crippen LogP contribution in [0.2, 0.25) is 0 Å². The molecule has 1 amide bonds. The average molecular weight is 304 g/mol. The summed E-state index contributed by atoms with van der Waals surface area (Å²) in [5, 5.41) is 0. The second kappa shape index (κ2) is 6.37. The number of likely N-dealkylation sites (N-methyl/N-ethyl adjacent to an activating group) is 1. The number of hydrogen-bond donors (Lipinski definition) is 0. The molecule has 0 bridgehead atoms. The Bertz CT molecular complexity index is 530.